The Balaban J connectivity index is 2.21. The molecule has 0 amide bonds. The highest BCUT2D eigenvalue weighted by atomic mass is 19.1. The number of hydrogen-bond acceptors (Lipinski definition) is 2. The number of Topliss-reactive ketones (excluding diaryl/α,β-unsaturated/α-hetero) is 1. The summed E-state index contributed by atoms with van der Waals surface area (Å²) in [4.78, 5) is 12.3. The SMILES string of the molecule is CC1CCCC(N)(C(=O)c2ccc(F)cc2)C1. The predicted molar refractivity (Wildman–Crippen MR) is 65.3 cm³/mol. The van der Waals surface area contributed by atoms with Gasteiger partial charge < -0.3 is 5.73 Å². The topological polar surface area (TPSA) is 43.1 Å². The summed E-state index contributed by atoms with van der Waals surface area (Å²) in [6.07, 6.45) is 3.58. The molecule has 2 nitrogen and oxygen atoms in total. The summed E-state index contributed by atoms with van der Waals surface area (Å²) in [6.45, 7) is 2.12. The quantitative estimate of drug-likeness (QED) is 0.801. The molecule has 0 spiro atoms. The molecule has 0 aliphatic heterocycles. The first-order chi connectivity index (χ1) is 8.01. The Labute approximate surface area is 101 Å². The lowest BCUT2D eigenvalue weighted by Crippen LogP contribution is -2.51. The molecule has 1 aliphatic carbocycles. The summed E-state index contributed by atoms with van der Waals surface area (Å²) >= 11 is 0. The van der Waals surface area contributed by atoms with E-state index in [9.17, 15) is 9.18 Å². The molecule has 1 aliphatic rings. The first kappa shape index (κ1) is 12.2. The van der Waals surface area contributed by atoms with Gasteiger partial charge in [0.05, 0.1) is 5.54 Å². The van der Waals surface area contributed by atoms with E-state index in [2.05, 4.69) is 6.92 Å². The van der Waals surface area contributed by atoms with Gasteiger partial charge in [0.2, 0.25) is 0 Å². The highest BCUT2D eigenvalue weighted by molar-refractivity contribution is 6.03. The van der Waals surface area contributed by atoms with E-state index >= 15 is 0 Å². The number of rotatable bonds is 2. The van der Waals surface area contributed by atoms with E-state index in [0.29, 0.717) is 11.5 Å². The van der Waals surface area contributed by atoms with Gasteiger partial charge in [-0.05, 0) is 43.0 Å². The maximum absolute atomic E-state index is 12.8. The van der Waals surface area contributed by atoms with Crippen molar-refractivity contribution >= 4 is 5.78 Å². The van der Waals surface area contributed by atoms with E-state index in [1.165, 1.54) is 24.3 Å². The summed E-state index contributed by atoms with van der Waals surface area (Å²) < 4.78 is 12.8. The van der Waals surface area contributed by atoms with Crippen LogP contribution in [0, 0.1) is 11.7 Å². The molecular formula is C14H18FNO. The van der Waals surface area contributed by atoms with E-state index in [0.717, 1.165) is 25.7 Å². The third-order valence-electron chi connectivity index (χ3n) is 3.59. The lowest BCUT2D eigenvalue weighted by Gasteiger charge is -2.35. The molecule has 2 atom stereocenters. The van der Waals surface area contributed by atoms with Crippen LogP contribution >= 0.6 is 0 Å². The van der Waals surface area contributed by atoms with E-state index in [4.69, 9.17) is 5.73 Å². The van der Waals surface area contributed by atoms with Crippen LogP contribution in [0.1, 0.15) is 43.0 Å². The number of ketones is 1. The van der Waals surface area contributed by atoms with Crippen LogP contribution in [-0.4, -0.2) is 11.3 Å². The van der Waals surface area contributed by atoms with Crippen molar-refractivity contribution in [3.63, 3.8) is 0 Å². The Hall–Kier alpha value is -1.22. The van der Waals surface area contributed by atoms with Crippen molar-refractivity contribution in [1.82, 2.24) is 0 Å². The Morgan fingerprint density at radius 3 is 2.65 bits per heavy atom. The third kappa shape index (κ3) is 2.55. The molecule has 0 saturated heterocycles. The van der Waals surface area contributed by atoms with Crippen molar-refractivity contribution in [1.29, 1.82) is 0 Å². The zero-order valence-electron chi connectivity index (χ0n) is 10.1. The molecule has 1 fully saturated rings. The van der Waals surface area contributed by atoms with Crippen LogP contribution in [0.5, 0.6) is 0 Å². The van der Waals surface area contributed by atoms with Gasteiger partial charge >= 0.3 is 0 Å². The predicted octanol–water partition coefficient (Wildman–Crippen LogP) is 2.92. The molecule has 2 N–H and O–H groups in total. The summed E-state index contributed by atoms with van der Waals surface area (Å²) in [5, 5.41) is 0. The van der Waals surface area contributed by atoms with Crippen LogP contribution < -0.4 is 5.73 Å². The van der Waals surface area contributed by atoms with Crippen molar-refractivity contribution in [2.24, 2.45) is 11.7 Å². The average molecular weight is 235 g/mol. The molecule has 0 heterocycles. The van der Waals surface area contributed by atoms with E-state index in [-0.39, 0.29) is 11.6 Å². The minimum absolute atomic E-state index is 0.0518. The fourth-order valence-electron chi connectivity index (χ4n) is 2.69. The van der Waals surface area contributed by atoms with Crippen LogP contribution in [0.3, 0.4) is 0 Å². The number of carbonyl (C=O) groups excluding carboxylic acids is 1. The zero-order valence-corrected chi connectivity index (χ0v) is 10.1. The smallest absolute Gasteiger partial charge is 0.182 e. The first-order valence-corrected chi connectivity index (χ1v) is 6.10. The van der Waals surface area contributed by atoms with Gasteiger partial charge in [0, 0.05) is 5.56 Å². The van der Waals surface area contributed by atoms with E-state index in [1.807, 2.05) is 0 Å². The first-order valence-electron chi connectivity index (χ1n) is 6.10. The van der Waals surface area contributed by atoms with Gasteiger partial charge in [0.25, 0.3) is 0 Å². The minimum atomic E-state index is -0.754. The molecule has 2 rings (SSSR count). The maximum Gasteiger partial charge on any atom is 0.182 e. The highest BCUT2D eigenvalue weighted by Gasteiger charge is 2.38. The Morgan fingerprint density at radius 1 is 1.41 bits per heavy atom. The summed E-state index contributed by atoms with van der Waals surface area (Å²) in [5.41, 5.74) is 5.98. The standard InChI is InChI=1S/C14H18FNO/c1-10-3-2-8-14(16,9-10)13(17)11-4-6-12(15)7-5-11/h4-7,10H,2-3,8-9,16H2,1H3. The highest BCUT2D eigenvalue weighted by Crippen LogP contribution is 2.32. The summed E-state index contributed by atoms with van der Waals surface area (Å²) in [6, 6.07) is 5.66. The molecule has 0 bridgehead atoms. The van der Waals surface area contributed by atoms with Gasteiger partial charge in [-0.15, -0.1) is 0 Å². The van der Waals surface area contributed by atoms with Crippen LogP contribution in [0.25, 0.3) is 0 Å². The molecule has 1 aromatic carbocycles. The second-order valence-electron chi connectivity index (χ2n) is 5.19. The van der Waals surface area contributed by atoms with Crippen molar-refractivity contribution in [2.75, 3.05) is 0 Å². The van der Waals surface area contributed by atoms with Crippen molar-refractivity contribution in [3.8, 4) is 0 Å². The van der Waals surface area contributed by atoms with Gasteiger partial charge in [-0.1, -0.05) is 19.8 Å². The minimum Gasteiger partial charge on any atom is -0.319 e. The van der Waals surface area contributed by atoms with Gasteiger partial charge in [-0.25, -0.2) is 4.39 Å². The van der Waals surface area contributed by atoms with Crippen molar-refractivity contribution in [3.05, 3.63) is 35.6 Å². The molecule has 1 saturated carbocycles. The largest absolute Gasteiger partial charge is 0.319 e. The zero-order chi connectivity index (χ0) is 12.5. The number of halogens is 1. The normalized spacial score (nSPS) is 29.0. The van der Waals surface area contributed by atoms with Gasteiger partial charge in [-0.2, -0.15) is 0 Å². The molecular weight excluding hydrogens is 217 g/mol. The molecule has 0 radical (unpaired) electrons. The van der Waals surface area contributed by atoms with Gasteiger partial charge in [0.1, 0.15) is 5.82 Å². The fourth-order valence-corrected chi connectivity index (χ4v) is 2.69. The summed E-state index contributed by atoms with van der Waals surface area (Å²) in [7, 11) is 0. The second kappa shape index (κ2) is 4.57. The molecule has 2 unspecified atom stereocenters. The van der Waals surface area contributed by atoms with Crippen LogP contribution in [-0.2, 0) is 0 Å². The fraction of sp³-hybridized carbons (Fsp3) is 0.500. The monoisotopic (exact) mass is 235 g/mol. The Kier molecular flexibility index (Phi) is 3.29. The molecule has 17 heavy (non-hydrogen) atoms. The summed E-state index contributed by atoms with van der Waals surface area (Å²) in [5.74, 6) is 0.104. The molecule has 0 aromatic heterocycles. The average Bonchev–Trinajstić information content (AvgIpc) is 2.29. The second-order valence-corrected chi connectivity index (χ2v) is 5.19. The third-order valence-corrected chi connectivity index (χ3v) is 3.59. The van der Waals surface area contributed by atoms with Crippen molar-refractivity contribution in [2.45, 2.75) is 38.1 Å². The Bertz CT molecular complexity index is 415. The maximum atomic E-state index is 12.8. The van der Waals surface area contributed by atoms with Crippen LogP contribution in [0.15, 0.2) is 24.3 Å². The number of carbonyl (C=O) groups is 1. The van der Waals surface area contributed by atoms with Crippen LogP contribution in [0.2, 0.25) is 0 Å². The van der Waals surface area contributed by atoms with Gasteiger partial charge in [-0.3, -0.25) is 4.79 Å². The lowest BCUT2D eigenvalue weighted by molar-refractivity contribution is 0.0819. The van der Waals surface area contributed by atoms with Crippen molar-refractivity contribution < 1.29 is 9.18 Å². The number of benzene rings is 1. The number of nitrogens with two attached hydrogens (primary N) is 1. The van der Waals surface area contributed by atoms with Crippen LogP contribution in [0.4, 0.5) is 4.39 Å². The van der Waals surface area contributed by atoms with Gasteiger partial charge in [0.15, 0.2) is 5.78 Å². The van der Waals surface area contributed by atoms with E-state index in [1.54, 1.807) is 0 Å². The molecule has 92 valence electrons. The molecule has 1 aromatic rings. The lowest BCUT2D eigenvalue weighted by atomic mass is 9.73. The van der Waals surface area contributed by atoms with E-state index < -0.39 is 5.54 Å². The Morgan fingerprint density at radius 2 is 2.06 bits per heavy atom. The molecule has 3 heteroatoms. The number of hydrogen-bond donors (Lipinski definition) is 1.